The number of unbranched alkanes of at least 4 members (excludes halogenated alkanes) is 1. The Morgan fingerprint density at radius 2 is 1.62 bits per heavy atom. The van der Waals surface area contributed by atoms with Gasteiger partial charge in [-0.2, -0.15) is 0 Å². The topological polar surface area (TPSA) is 148 Å². The first-order valence-electron chi connectivity index (χ1n) is 11.7. The van der Waals surface area contributed by atoms with Crippen molar-refractivity contribution in [3.8, 4) is 0 Å². The average Bonchev–Trinajstić information content (AvgIpc) is 2.79. The monoisotopic (exact) mass is 628 g/mol. The number of carbonyl (C=O) groups excluding carboxylic acids is 3. The van der Waals surface area contributed by atoms with Crippen molar-refractivity contribution in [2.45, 2.75) is 71.1 Å². The van der Waals surface area contributed by atoms with Gasteiger partial charge in [0.25, 0.3) is 0 Å². The van der Waals surface area contributed by atoms with Crippen LogP contribution < -0.4 is 5.32 Å². The summed E-state index contributed by atoms with van der Waals surface area (Å²) in [5.74, 6) is -1.59. The zero-order chi connectivity index (χ0) is 27.3. The van der Waals surface area contributed by atoms with Crippen molar-refractivity contribution in [3.63, 3.8) is 0 Å². The quantitative estimate of drug-likeness (QED) is 0.115. The molecule has 0 amide bonds. The molecule has 1 radical (unpaired) electrons. The molecule has 14 heteroatoms. The van der Waals surface area contributed by atoms with Gasteiger partial charge in [0.1, 0.15) is 18.8 Å². The molecule has 4 unspecified atom stereocenters. The Morgan fingerprint density at radius 3 is 2.14 bits per heavy atom. The number of nitrogens with one attached hydrogen (secondary N) is 1. The number of rotatable bonds is 15. The summed E-state index contributed by atoms with van der Waals surface area (Å²) >= 11 is 5.25. The maximum atomic E-state index is 11.5. The molecule has 0 aromatic rings. The number of methoxy groups -OCH3 is 2. The van der Waals surface area contributed by atoms with Crippen molar-refractivity contribution in [1.29, 1.82) is 0 Å². The summed E-state index contributed by atoms with van der Waals surface area (Å²) in [5.41, 5.74) is 0. The zero-order valence-electron chi connectivity index (χ0n) is 22.4. The number of aliphatic hydroxyl groups is 1. The Hall–Kier alpha value is -0.796. The first-order valence-corrected chi connectivity index (χ1v) is 12.2. The van der Waals surface area contributed by atoms with E-state index in [4.69, 9.17) is 45.7 Å². The van der Waals surface area contributed by atoms with Gasteiger partial charge in [-0.3, -0.25) is 14.4 Å². The van der Waals surface area contributed by atoms with Crippen molar-refractivity contribution in [1.82, 2.24) is 5.32 Å². The predicted octanol–water partition coefficient (Wildman–Crippen LogP) is 0.901. The van der Waals surface area contributed by atoms with E-state index in [-0.39, 0.29) is 52.3 Å². The van der Waals surface area contributed by atoms with Crippen LogP contribution in [0.5, 0.6) is 0 Å². The minimum atomic E-state index is -0.906. The van der Waals surface area contributed by atoms with Crippen LogP contribution in [-0.2, 0) is 80.3 Å². The van der Waals surface area contributed by atoms with Crippen molar-refractivity contribution >= 4 is 35.1 Å². The van der Waals surface area contributed by atoms with Crippen LogP contribution in [0.4, 0.5) is 0 Å². The fraction of sp³-hybridized carbons (Fsp3) is 0.826. The summed E-state index contributed by atoms with van der Waals surface area (Å²) in [6.45, 7) is 5.84. The van der Waals surface area contributed by atoms with E-state index in [0.717, 1.165) is 24.3 Å². The second-order valence-electron chi connectivity index (χ2n) is 7.75. The maximum Gasteiger partial charge on any atom is 0.303 e. The molecule has 4 atom stereocenters. The van der Waals surface area contributed by atoms with E-state index >= 15 is 0 Å². The smallest absolute Gasteiger partial charge is 0.303 e. The summed E-state index contributed by atoms with van der Waals surface area (Å²) in [6.07, 6.45) is -0.733. The largest absolute Gasteiger partial charge is 0.463 e. The van der Waals surface area contributed by atoms with E-state index in [1.807, 2.05) is 0 Å². The molecule has 0 aromatic heterocycles. The Morgan fingerprint density at radius 1 is 0.973 bits per heavy atom. The van der Waals surface area contributed by atoms with Crippen LogP contribution in [0, 0.1) is 0 Å². The second kappa shape index (κ2) is 24.3. The molecular weight excluding hydrogens is 587 g/mol. The first kappa shape index (κ1) is 38.4. The number of aliphatic hydroxyl groups excluding tert-OH is 1. The molecule has 37 heavy (non-hydrogen) atoms. The molecule has 0 aromatic carbocycles. The van der Waals surface area contributed by atoms with Crippen molar-refractivity contribution in [2.24, 2.45) is 0 Å². The maximum absolute atomic E-state index is 11.5. The normalized spacial score (nSPS) is 20.4. The van der Waals surface area contributed by atoms with Crippen LogP contribution in [0.3, 0.4) is 0 Å². The van der Waals surface area contributed by atoms with Crippen LogP contribution in [-0.4, -0.2) is 106 Å². The van der Waals surface area contributed by atoms with E-state index in [0.29, 0.717) is 26.4 Å². The molecule has 0 spiro atoms. The van der Waals surface area contributed by atoms with Crippen LogP contribution in [0.2, 0.25) is 0 Å². The van der Waals surface area contributed by atoms with Crippen molar-refractivity contribution < 1.29 is 85.4 Å². The summed E-state index contributed by atoms with van der Waals surface area (Å²) in [7, 11) is 3.18. The van der Waals surface area contributed by atoms with Crippen molar-refractivity contribution in [2.75, 3.05) is 53.8 Å². The van der Waals surface area contributed by atoms with E-state index in [1.54, 1.807) is 14.2 Å². The number of hydrogen-bond donors (Lipinski definition) is 2. The van der Waals surface area contributed by atoms with E-state index in [1.165, 1.54) is 20.8 Å². The van der Waals surface area contributed by atoms with E-state index in [2.05, 4.69) is 10.1 Å². The third-order valence-corrected chi connectivity index (χ3v) is 4.93. The Kier molecular flexibility index (Phi) is 25.1. The molecule has 1 saturated heterocycles. The van der Waals surface area contributed by atoms with Gasteiger partial charge in [0.2, 0.25) is 0 Å². The Labute approximate surface area is 249 Å². The average molecular weight is 629 g/mol. The van der Waals surface area contributed by atoms with Crippen LogP contribution in [0.25, 0.3) is 0 Å². The fourth-order valence-electron chi connectivity index (χ4n) is 3.08. The minimum absolute atomic E-state index is 0. The van der Waals surface area contributed by atoms with Gasteiger partial charge in [-0.15, -0.1) is 0 Å². The molecule has 0 bridgehead atoms. The standard InChI is InChI=1S/C20H33NO9S.C3H8O2.Y/c1-13(22)27-12-17-20(29-15(3)24)16(28-14(2)23)11-19(30-17)26-9-6-5-7-18(31)21-8-10-25-4;1-5-3-2-4;/h16-17,19-20H,5-12H2,1-4H3,(H,21,31);4H,2-3H2,1H3;. The van der Waals surface area contributed by atoms with Crippen molar-refractivity contribution in [3.05, 3.63) is 0 Å². The van der Waals surface area contributed by atoms with Gasteiger partial charge in [0, 0.05) is 87.3 Å². The first-order chi connectivity index (χ1) is 17.1. The number of esters is 3. The van der Waals surface area contributed by atoms with E-state index in [9.17, 15) is 14.4 Å². The summed E-state index contributed by atoms with van der Waals surface area (Å²) < 4.78 is 36.7. The van der Waals surface area contributed by atoms with Gasteiger partial charge in [-0.25, -0.2) is 0 Å². The molecule has 1 aliphatic heterocycles. The van der Waals surface area contributed by atoms with Gasteiger partial charge >= 0.3 is 17.9 Å². The van der Waals surface area contributed by atoms with E-state index < -0.39 is 42.5 Å². The summed E-state index contributed by atoms with van der Waals surface area (Å²) in [5, 5.41) is 11.0. The Bertz CT molecular complexity index is 654. The van der Waals surface area contributed by atoms with Gasteiger partial charge in [0.05, 0.1) is 24.8 Å². The van der Waals surface area contributed by atoms with Gasteiger partial charge < -0.3 is 43.6 Å². The van der Waals surface area contributed by atoms with Crippen LogP contribution in [0.1, 0.15) is 46.5 Å². The van der Waals surface area contributed by atoms with Gasteiger partial charge in [0.15, 0.2) is 12.4 Å². The van der Waals surface area contributed by atoms with Gasteiger partial charge in [-0.1, -0.05) is 12.2 Å². The molecule has 1 rings (SSSR count). The van der Waals surface area contributed by atoms with Crippen LogP contribution in [0.15, 0.2) is 0 Å². The molecular formula is C23H41NO11SY. The third kappa shape index (κ3) is 20.8. The van der Waals surface area contributed by atoms with Gasteiger partial charge in [-0.05, 0) is 19.3 Å². The molecule has 2 N–H and O–H groups in total. The predicted molar refractivity (Wildman–Crippen MR) is 132 cm³/mol. The second-order valence-corrected chi connectivity index (χ2v) is 8.24. The SMILES string of the molecule is COCCNC(=S)CCCCOC1CC(OC(C)=O)C(OC(C)=O)C(COC(C)=O)O1.COCCO.[Y]. The molecule has 0 aliphatic carbocycles. The molecule has 12 nitrogen and oxygen atoms in total. The van der Waals surface area contributed by atoms with Crippen LogP contribution >= 0.6 is 12.2 Å². The molecule has 1 heterocycles. The Balaban J connectivity index is 0. The third-order valence-electron chi connectivity index (χ3n) is 4.58. The number of hydrogen-bond acceptors (Lipinski definition) is 12. The molecule has 1 fully saturated rings. The molecule has 213 valence electrons. The summed E-state index contributed by atoms with van der Waals surface area (Å²) in [6, 6.07) is 0. The number of ether oxygens (including phenoxy) is 7. The zero-order valence-corrected chi connectivity index (χ0v) is 26.1. The molecule has 1 aliphatic rings. The fourth-order valence-corrected chi connectivity index (χ4v) is 3.32. The number of thiocarbonyl (C=S) groups is 1. The molecule has 0 saturated carbocycles. The summed E-state index contributed by atoms with van der Waals surface area (Å²) in [4.78, 5) is 35.0. The number of carbonyl (C=O) groups is 3. The minimum Gasteiger partial charge on any atom is -0.463 e.